The van der Waals surface area contributed by atoms with E-state index in [0.717, 1.165) is 19.0 Å². The van der Waals surface area contributed by atoms with Crippen LogP contribution in [0.2, 0.25) is 0 Å². The fourth-order valence-electron chi connectivity index (χ4n) is 1.95. The lowest BCUT2D eigenvalue weighted by molar-refractivity contribution is 0.285. The maximum atomic E-state index is 5.46. The molecule has 0 radical (unpaired) electrons. The van der Waals surface area contributed by atoms with Crippen molar-refractivity contribution in [2.45, 2.75) is 25.7 Å². The second-order valence-corrected chi connectivity index (χ2v) is 3.70. The summed E-state index contributed by atoms with van der Waals surface area (Å²) in [5, 5.41) is 0. The summed E-state index contributed by atoms with van der Waals surface area (Å²) in [4.78, 5) is 2.36. The van der Waals surface area contributed by atoms with Gasteiger partial charge in [-0.1, -0.05) is 12.8 Å². The van der Waals surface area contributed by atoms with E-state index in [-0.39, 0.29) is 0 Å². The maximum absolute atomic E-state index is 5.46. The Morgan fingerprint density at radius 2 is 2.00 bits per heavy atom. The topological polar surface area (TPSA) is 29.3 Å². The van der Waals surface area contributed by atoms with Gasteiger partial charge in [0.05, 0.1) is 0 Å². The monoisotopic (exact) mass is 156 g/mol. The number of hydrogen-bond acceptors (Lipinski definition) is 2. The molecule has 2 N–H and O–H groups in total. The SMILES string of the molecule is CN(CCN)CC1CCCC1. The molecule has 1 fully saturated rings. The number of likely N-dealkylation sites (N-methyl/N-ethyl adjacent to an activating group) is 1. The van der Waals surface area contributed by atoms with Crippen LogP contribution in [0.15, 0.2) is 0 Å². The van der Waals surface area contributed by atoms with Crippen LogP contribution in [-0.4, -0.2) is 31.6 Å². The summed E-state index contributed by atoms with van der Waals surface area (Å²) < 4.78 is 0. The van der Waals surface area contributed by atoms with Crippen LogP contribution in [-0.2, 0) is 0 Å². The van der Waals surface area contributed by atoms with E-state index < -0.39 is 0 Å². The highest BCUT2D eigenvalue weighted by molar-refractivity contribution is 4.70. The van der Waals surface area contributed by atoms with Crippen molar-refractivity contribution in [3.63, 3.8) is 0 Å². The third-order valence-corrected chi connectivity index (χ3v) is 2.56. The minimum Gasteiger partial charge on any atom is -0.329 e. The second-order valence-electron chi connectivity index (χ2n) is 3.70. The Hall–Kier alpha value is -0.0800. The van der Waals surface area contributed by atoms with Crippen molar-refractivity contribution in [1.82, 2.24) is 4.90 Å². The van der Waals surface area contributed by atoms with Crippen molar-refractivity contribution >= 4 is 0 Å². The molecular weight excluding hydrogens is 136 g/mol. The summed E-state index contributed by atoms with van der Waals surface area (Å²) in [6.45, 7) is 3.11. The van der Waals surface area contributed by atoms with Gasteiger partial charge in [-0.15, -0.1) is 0 Å². The molecule has 1 aliphatic carbocycles. The third-order valence-electron chi connectivity index (χ3n) is 2.56. The maximum Gasteiger partial charge on any atom is 0.0102 e. The van der Waals surface area contributed by atoms with Crippen LogP contribution in [0.4, 0.5) is 0 Å². The zero-order chi connectivity index (χ0) is 8.10. The second kappa shape index (κ2) is 4.73. The van der Waals surface area contributed by atoms with Crippen molar-refractivity contribution in [3.8, 4) is 0 Å². The molecule has 66 valence electrons. The Bertz CT molecular complexity index is 97.7. The summed E-state index contributed by atoms with van der Waals surface area (Å²) >= 11 is 0. The summed E-state index contributed by atoms with van der Waals surface area (Å²) in [5.74, 6) is 0.964. The van der Waals surface area contributed by atoms with Crippen LogP contribution in [0.25, 0.3) is 0 Å². The largest absolute Gasteiger partial charge is 0.329 e. The molecule has 0 amide bonds. The predicted molar refractivity (Wildman–Crippen MR) is 48.5 cm³/mol. The van der Waals surface area contributed by atoms with Crippen molar-refractivity contribution in [2.75, 3.05) is 26.7 Å². The molecule has 0 unspecified atom stereocenters. The van der Waals surface area contributed by atoms with Gasteiger partial charge >= 0.3 is 0 Å². The first-order valence-electron chi connectivity index (χ1n) is 4.71. The molecule has 0 spiro atoms. The van der Waals surface area contributed by atoms with E-state index in [0.29, 0.717) is 0 Å². The van der Waals surface area contributed by atoms with Gasteiger partial charge < -0.3 is 10.6 Å². The molecule has 0 heterocycles. The van der Waals surface area contributed by atoms with Crippen LogP contribution < -0.4 is 5.73 Å². The summed E-state index contributed by atoms with van der Waals surface area (Å²) in [6, 6.07) is 0. The Kier molecular flexibility index (Phi) is 3.87. The zero-order valence-electron chi connectivity index (χ0n) is 7.55. The fraction of sp³-hybridized carbons (Fsp3) is 1.00. The highest BCUT2D eigenvalue weighted by Gasteiger charge is 2.15. The minimum atomic E-state index is 0.795. The van der Waals surface area contributed by atoms with Crippen LogP contribution in [0.3, 0.4) is 0 Å². The molecule has 0 aromatic heterocycles. The van der Waals surface area contributed by atoms with Gasteiger partial charge in [0.1, 0.15) is 0 Å². The van der Waals surface area contributed by atoms with Crippen LogP contribution in [0.1, 0.15) is 25.7 Å². The summed E-state index contributed by atoms with van der Waals surface area (Å²) in [5.41, 5.74) is 5.46. The molecular formula is C9H20N2. The van der Waals surface area contributed by atoms with Gasteiger partial charge in [0.15, 0.2) is 0 Å². The van der Waals surface area contributed by atoms with Gasteiger partial charge in [-0.05, 0) is 25.8 Å². The van der Waals surface area contributed by atoms with Gasteiger partial charge in [-0.3, -0.25) is 0 Å². The lowest BCUT2D eigenvalue weighted by Gasteiger charge is -2.19. The van der Waals surface area contributed by atoms with E-state index in [2.05, 4.69) is 11.9 Å². The molecule has 1 aliphatic rings. The normalized spacial score (nSPS) is 19.9. The average molecular weight is 156 g/mol. The Balaban J connectivity index is 2.08. The summed E-state index contributed by atoms with van der Waals surface area (Å²) in [7, 11) is 2.17. The predicted octanol–water partition coefficient (Wildman–Crippen LogP) is 1.07. The van der Waals surface area contributed by atoms with Gasteiger partial charge in [0.25, 0.3) is 0 Å². The number of nitrogens with two attached hydrogens (primary N) is 1. The van der Waals surface area contributed by atoms with E-state index in [1.807, 2.05) is 0 Å². The molecule has 1 rings (SSSR count). The Morgan fingerprint density at radius 3 is 2.55 bits per heavy atom. The van der Waals surface area contributed by atoms with E-state index in [9.17, 15) is 0 Å². The van der Waals surface area contributed by atoms with E-state index in [1.54, 1.807) is 0 Å². The molecule has 0 saturated heterocycles. The van der Waals surface area contributed by atoms with Gasteiger partial charge in [0.2, 0.25) is 0 Å². The number of hydrogen-bond donors (Lipinski definition) is 1. The quantitative estimate of drug-likeness (QED) is 0.659. The third kappa shape index (κ3) is 3.21. The molecule has 11 heavy (non-hydrogen) atoms. The molecule has 2 nitrogen and oxygen atoms in total. The lowest BCUT2D eigenvalue weighted by atomic mass is 10.1. The van der Waals surface area contributed by atoms with Crippen LogP contribution >= 0.6 is 0 Å². The average Bonchev–Trinajstić information content (AvgIpc) is 2.40. The van der Waals surface area contributed by atoms with Gasteiger partial charge in [0, 0.05) is 19.6 Å². The van der Waals surface area contributed by atoms with E-state index in [1.165, 1.54) is 32.2 Å². The summed E-state index contributed by atoms with van der Waals surface area (Å²) in [6.07, 6.45) is 5.77. The number of nitrogens with zero attached hydrogens (tertiary/aromatic N) is 1. The molecule has 0 bridgehead atoms. The molecule has 0 aliphatic heterocycles. The first-order valence-corrected chi connectivity index (χ1v) is 4.71. The van der Waals surface area contributed by atoms with E-state index in [4.69, 9.17) is 5.73 Å². The molecule has 0 atom stereocenters. The van der Waals surface area contributed by atoms with Gasteiger partial charge in [-0.2, -0.15) is 0 Å². The first kappa shape index (κ1) is 9.01. The fourth-order valence-corrected chi connectivity index (χ4v) is 1.95. The van der Waals surface area contributed by atoms with Crippen LogP contribution in [0, 0.1) is 5.92 Å². The van der Waals surface area contributed by atoms with E-state index >= 15 is 0 Å². The van der Waals surface area contributed by atoms with Crippen molar-refractivity contribution in [1.29, 1.82) is 0 Å². The molecule has 0 aromatic carbocycles. The standard InChI is InChI=1S/C9H20N2/c1-11(7-6-10)8-9-4-2-3-5-9/h9H,2-8,10H2,1H3. The van der Waals surface area contributed by atoms with Crippen molar-refractivity contribution < 1.29 is 0 Å². The smallest absolute Gasteiger partial charge is 0.0102 e. The highest BCUT2D eigenvalue weighted by Crippen LogP contribution is 2.24. The van der Waals surface area contributed by atoms with Crippen molar-refractivity contribution in [2.24, 2.45) is 11.7 Å². The molecule has 0 aromatic rings. The van der Waals surface area contributed by atoms with Crippen molar-refractivity contribution in [3.05, 3.63) is 0 Å². The van der Waals surface area contributed by atoms with Gasteiger partial charge in [-0.25, -0.2) is 0 Å². The minimum absolute atomic E-state index is 0.795. The lowest BCUT2D eigenvalue weighted by Crippen LogP contribution is -2.29. The first-order chi connectivity index (χ1) is 5.33. The molecule has 1 saturated carbocycles. The molecule has 2 heteroatoms. The Morgan fingerprint density at radius 1 is 1.36 bits per heavy atom. The Labute approximate surface area is 69.8 Å². The highest BCUT2D eigenvalue weighted by atomic mass is 15.1. The van der Waals surface area contributed by atoms with Crippen LogP contribution in [0.5, 0.6) is 0 Å². The zero-order valence-corrected chi connectivity index (χ0v) is 7.55. The number of rotatable bonds is 4.